The van der Waals surface area contributed by atoms with Crippen LogP contribution in [0.4, 0.5) is 0 Å². The molecule has 0 bridgehead atoms. The van der Waals surface area contributed by atoms with E-state index in [9.17, 15) is 0 Å². The van der Waals surface area contributed by atoms with Crippen molar-refractivity contribution in [2.45, 2.75) is 0 Å². The van der Waals surface area contributed by atoms with Crippen LogP contribution in [0.2, 0.25) is 0 Å². The number of rotatable bonds is 3. The van der Waals surface area contributed by atoms with E-state index in [1.807, 2.05) is 24.3 Å². The maximum absolute atomic E-state index is 3.68. The van der Waals surface area contributed by atoms with Crippen LogP contribution in [-0.4, -0.2) is 15.0 Å². The first kappa shape index (κ1) is 13.1. The van der Waals surface area contributed by atoms with Crippen LogP contribution in [0.15, 0.2) is 64.0 Å². The third-order valence-electron chi connectivity index (χ3n) is 2.15. The van der Waals surface area contributed by atoms with Crippen molar-refractivity contribution >= 4 is 55.8 Å². The first-order valence-electron chi connectivity index (χ1n) is 5.11. The van der Waals surface area contributed by atoms with E-state index in [1.54, 1.807) is 0 Å². The van der Waals surface area contributed by atoms with E-state index < -0.39 is 0 Å². The van der Waals surface area contributed by atoms with Gasteiger partial charge in [0.1, 0.15) is 0 Å². The zero-order chi connectivity index (χ0) is 12.1. The van der Waals surface area contributed by atoms with Crippen molar-refractivity contribution in [2.24, 2.45) is 0 Å². The Hall–Kier alpha value is -0.341. The van der Waals surface area contributed by atoms with E-state index >= 15 is 0 Å². The average Bonchev–Trinajstić information content (AvgIpc) is 2.40. The summed E-state index contributed by atoms with van der Waals surface area (Å²) in [5.41, 5.74) is 1.21. The van der Waals surface area contributed by atoms with E-state index in [4.69, 9.17) is 0 Å². The van der Waals surface area contributed by atoms with E-state index in [0.29, 0.717) is 15.0 Å². The van der Waals surface area contributed by atoms with Gasteiger partial charge in [-0.05, 0) is 0 Å². The zero-order valence-electron chi connectivity index (χ0n) is 8.94. The molecule has 0 spiro atoms. The molecule has 0 radical (unpaired) electrons. The Kier molecular flexibility index (Phi) is 5.05. The van der Waals surface area contributed by atoms with E-state index in [1.165, 1.54) is 13.4 Å². The minimum atomic E-state index is 0.302. The molecule has 2 aromatic rings. The molecule has 17 heavy (non-hydrogen) atoms. The van der Waals surface area contributed by atoms with Crippen molar-refractivity contribution in [2.75, 3.05) is 0 Å². The number of halogens is 2. The third-order valence-corrected chi connectivity index (χ3v) is 7.23. The van der Waals surface area contributed by atoms with Gasteiger partial charge in [0, 0.05) is 0 Å². The van der Waals surface area contributed by atoms with Crippen molar-refractivity contribution < 1.29 is 0 Å². The maximum atomic E-state index is 3.68. The molecule has 2 rings (SSSR count). The van der Waals surface area contributed by atoms with Gasteiger partial charge in [-0.2, -0.15) is 0 Å². The molecule has 0 atom stereocenters. The molecular formula is C14H10Br2Se. The van der Waals surface area contributed by atoms with Crippen LogP contribution in [-0.2, 0) is 0 Å². The fraction of sp³-hybridized carbons (Fsp3) is 0. The Morgan fingerprint density at radius 3 is 1.88 bits per heavy atom. The summed E-state index contributed by atoms with van der Waals surface area (Å²) in [6, 6.07) is 20.8. The predicted octanol–water partition coefficient (Wildman–Crippen LogP) is 4.13. The van der Waals surface area contributed by atoms with E-state index in [2.05, 4.69) is 68.3 Å². The Balaban J connectivity index is 2.22. The summed E-state index contributed by atoms with van der Waals surface area (Å²) >= 11 is 7.64. The number of hydrogen-bond acceptors (Lipinski definition) is 0. The van der Waals surface area contributed by atoms with Gasteiger partial charge in [0.25, 0.3) is 0 Å². The minimum absolute atomic E-state index is 0.302. The van der Waals surface area contributed by atoms with Crippen molar-refractivity contribution in [3.63, 3.8) is 0 Å². The number of hydrogen-bond donors (Lipinski definition) is 0. The van der Waals surface area contributed by atoms with E-state index in [0.717, 1.165) is 4.48 Å². The summed E-state index contributed by atoms with van der Waals surface area (Å²) in [5, 5.41) is 0. The first-order valence-corrected chi connectivity index (χ1v) is 8.41. The topological polar surface area (TPSA) is 0 Å². The molecule has 0 saturated heterocycles. The summed E-state index contributed by atoms with van der Waals surface area (Å²) < 4.78 is 3.73. The van der Waals surface area contributed by atoms with Crippen LogP contribution in [0.25, 0.3) is 4.48 Å². The molecule has 0 aliphatic carbocycles. The molecule has 0 fully saturated rings. The molecule has 3 heteroatoms. The Bertz CT molecular complexity index is 506. The van der Waals surface area contributed by atoms with Gasteiger partial charge in [-0.25, -0.2) is 0 Å². The number of benzene rings is 2. The van der Waals surface area contributed by atoms with E-state index in [-0.39, 0.29) is 0 Å². The quantitative estimate of drug-likeness (QED) is 0.660. The normalized spacial score (nSPS) is 12.1. The summed E-state index contributed by atoms with van der Waals surface area (Å²) in [6.07, 6.45) is 0. The van der Waals surface area contributed by atoms with Gasteiger partial charge in [-0.3, -0.25) is 0 Å². The summed E-state index contributed by atoms with van der Waals surface area (Å²) in [7, 11) is 0. The molecule has 0 aliphatic heterocycles. The van der Waals surface area contributed by atoms with Crippen LogP contribution < -0.4 is 4.46 Å². The van der Waals surface area contributed by atoms with Gasteiger partial charge >= 0.3 is 125 Å². The van der Waals surface area contributed by atoms with Gasteiger partial charge in [0.05, 0.1) is 0 Å². The second-order valence-corrected chi connectivity index (χ2v) is 8.41. The van der Waals surface area contributed by atoms with Crippen molar-refractivity contribution in [3.05, 3.63) is 69.6 Å². The standard InChI is InChI=1S/C14H10Br2Se/c15-13(11-7-3-1-4-8-11)14(16)17-12-9-5-2-6-10-12/h1-10H/b14-13-. The third kappa shape index (κ3) is 3.82. The Labute approximate surface area is 125 Å². The second kappa shape index (κ2) is 6.55. The van der Waals surface area contributed by atoms with Gasteiger partial charge in [0.15, 0.2) is 0 Å². The monoisotopic (exact) mass is 416 g/mol. The zero-order valence-corrected chi connectivity index (χ0v) is 13.8. The van der Waals surface area contributed by atoms with Crippen LogP contribution in [0, 0.1) is 0 Å². The van der Waals surface area contributed by atoms with Crippen LogP contribution in [0.5, 0.6) is 0 Å². The van der Waals surface area contributed by atoms with Crippen molar-refractivity contribution in [1.29, 1.82) is 0 Å². The average molecular weight is 417 g/mol. The fourth-order valence-electron chi connectivity index (χ4n) is 1.33. The molecule has 0 aliphatic rings. The van der Waals surface area contributed by atoms with Crippen molar-refractivity contribution in [1.82, 2.24) is 0 Å². The molecule has 0 aromatic heterocycles. The van der Waals surface area contributed by atoms with Crippen LogP contribution in [0.3, 0.4) is 0 Å². The van der Waals surface area contributed by atoms with Crippen molar-refractivity contribution in [3.8, 4) is 0 Å². The predicted molar refractivity (Wildman–Crippen MR) is 83.0 cm³/mol. The molecule has 0 nitrogen and oxygen atoms in total. The molecule has 0 amide bonds. The summed E-state index contributed by atoms with van der Waals surface area (Å²) in [6.45, 7) is 0. The molecule has 0 N–H and O–H groups in total. The molecule has 0 saturated carbocycles. The van der Waals surface area contributed by atoms with Crippen LogP contribution in [0.1, 0.15) is 5.56 Å². The molecular weight excluding hydrogens is 407 g/mol. The molecule has 0 heterocycles. The summed E-state index contributed by atoms with van der Waals surface area (Å²) in [4.78, 5) is 0. The van der Waals surface area contributed by atoms with Gasteiger partial charge in [-0.15, -0.1) is 0 Å². The molecule has 86 valence electrons. The summed E-state index contributed by atoms with van der Waals surface area (Å²) in [5.74, 6) is 0. The van der Waals surface area contributed by atoms with Gasteiger partial charge < -0.3 is 0 Å². The van der Waals surface area contributed by atoms with Gasteiger partial charge in [-0.1, -0.05) is 0 Å². The second-order valence-electron chi connectivity index (χ2n) is 3.37. The fourth-order valence-corrected chi connectivity index (χ4v) is 4.70. The SMILES string of the molecule is Br/C([Se]c1ccccc1)=C(/Br)c1ccccc1. The Morgan fingerprint density at radius 1 is 0.765 bits per heavy atom. The Morgan fingerprint density at radius 2 is 1.29 bits per heavy atom. The van der Waals surface area contributed by atoms with Crippen LogP contribution >= 0.6 is 31.9 Å². The first-order chi connectivity index (χ1) is 8.27. The molecule has 2 aromatic carbocycles. The van der Waals surface area contributed by atoms with Gasteiger partial charge in [0.2, 0.25) is 0 Å². The molecule has 0 unspecified atom stereocenters.